The normalized spacial score (nSPS) is 35.9. The molecule has 208 valence electrons. The smallest absolute Gasteiger partial charge is 0.364 e. The quantitative estimate of drug-likeness (QED) is 0.109. The average Bonchev–Trinajstić information content (AvgIpc) is 2.87. The van der Waals surface area contributed by atoms with Crippen molar-refractivity contribution in [2.24, 2.45) is 0 Å². The second-order valence-corrected chi connectivity index (χ2v) is 8.71. The van der Waals surface area contributed by atoms with Crippen LogP contribution < -0.4 is 4.74 Å². The summed E-state index contributed by atoms with van der Waals surface area (Å²) in [7, 11) is 0. The van der Waals surface area contributed by atoms with E-state index in [0.29, 0.717) is 0 Å². The molecule has 2 fully saturated rings. The number of hydrogen-bond donors (Lipinski definition) is 8. The van der Waals surface area contributed by atoms with Gasteiger partial charge in [0.1, 0.15) is 42.4 Å². The van der Waals surface area contributed by atoms with Crippen LogP contribution in [0.5, 0.6) is 5.75 Å². The third kappa shape index (κ3) is 6.32. The van der Waals surface area contributed by atoms with Crippen LogP contribution in [0.2, 0.25) is 0 Å². The summed E-state index contributed by atoms with van der Waals surface area (Å²) in [5.41, 5.74) is -0.248. The molecule has 2 aliphatic rings. The monoisotopic (exact) mass is 535 g/mol. The maximum Gasteiger partial charge on any atom is 0.364 e. The number of rotatable bonds is 10. The lowest BCUT2D eigenvalue weighted by atomic mass is 9.92. The molecule has 1 aromatic rings. The first-order valence-electron chi connectivity index (χ1n) is 11.2. The summed E-state index contributed by atoms with van der Waals surface area (Å²) in [5.74, 6) is -4.57. The summed E-state index contributed by atoms with van der Waals surface area (Å²) in [4.78, 5) is 22.4. The zero-order valence-electron chi connectivity index (χ0n) is 19.2. The number of carbonyl (C=O) groups is 1. The van der Waals surface area contributed by atoms with Gasteiger partial charge in [0.15, 0.2) is 0 Å². The van der Waals surface area contributed by atoms with Crippen molar-refractivity contribution in [2.75, 3.05) is 13.2 Å². The third-order valence-corrected chi connectivity index (χ3v) is 6.09. The van der Waals surface area contributed by atoms with E-state index in [1.807, 2.05) is 0 Å². The molecule has 0 aromatic heterocycles. The van der Waals surface area contributed by atoms with Crippen molar-refractivity contribution in [2.45, 2.75) is 73.8 Å². The zero-order valence-corrected chi connectivity index (χ0v) is 19.2. The average molecular weight is 535 g/mol. The number of hydrogen-bond acceptors (Lipinski definition) is 14. The molecule has 2 heterocycles. The molecule has 0 radical (unpaired) electrons. The molecule has 16 heteroatoms. The molecule has 0 saturated carbocycles. The van der Waals surface area contributed by atoms with Crippen LogP contribution in [0.4, 0.5) is 5.69 Å². The number of aliphatic carboxylic acids is 1. The summed E-state index contributed by atoms with van der Waals surface area (Å²) >= 11 is 0. The van der Waals surface area contributed by atoms with E-state index in [0.717, 1.165) is 12.1 Å². The van der Waals surface area contributed by atoms with Gasteiger partial charge in [-0.3, -0.25) is 10.1 Å². The van der Waals surface area contributed by atoms with Crippen molar-refractivity contribution in [1.82, 2.24) is 0 Å². The fraction of sp³-hybridized carbons (Fsp3) is 0.667. The lowest BCUT2D eigenvalue weighted by Crippen LogP contribution is -2.66. The van der Waals surface area contributed by atoms with E-state index in [9.17, 15) is 50.7 Å². The Hall–Kier alpha value is -2.51. The van der Waals surface area contributed by atoms with Crippen molar-refractivity contribution in [1.29, 1.82) is 0 Å². The highest BCUT2D eigenvalue weighted by molar-refractivity contribution is 5.76. The number of carboxylic acids is 1. The minimum atomic E-state index is -2.75. The Bertz CT molecular complexity index is 931. The van der Waals surface area contributed by atoms with E-state index in [4.69, 9.17) is 24.1 Å². The number of aliphatic hydroxyl groups is 7. The van der Waals surface area contributed by atoms with Crippen molar-refractivity contribution >= 4 is 11.7 Å². The number of nitro groups is 1. The fourth-order valence-corrected chi connectivity index (χ4v) is 4.12. The highest BCUT2D eigenvalue weighted by Gasteiger charge is 2.57. The number of aliphatic hydroxyl groups excluding tert-OH is 7. The van der Waals surface area contributed by atoms with E-state index in [1.165, 1.54) is 12.1 Å². The second kappa shape index (κ2) is 11.9. The molecular weight excluding hydrogens is 506 g/mol. The van der Waals surface area contributed by atoms with Crippen molar-refractivity contribution < 1.29 is 69.5 Å². The SMILES string of the molecule is O=C(O)[C@@]1(O[C@H]2[C@@H](O)[C@@H](CO)O[C@@H](Oc3ccc([N+](=O)[O-])cc3)[C@@H]2O)C[C@H](O)C[C@H]([C@H](O)[C@H](O)CO)O1. The maximum atomic E-state index is 12.2. The number of nitrogens with zero attached hydrogens (tertiary/aromatic N) is 1. The van der Waals surface area contributed by atoms with E-state index in [-0.39, 0.29) is 17.9 Å². The zero-order chi connectivity index (χ0) is 27.5. The maximum absolute atomic E-state index is 12.2. The minimum absolute atomic E-state index is 0.0139. The molecule has 2 saturated heterocycles. The number of carboxylic acid groups (broad SMARTS) is 1. The first-order chi connectivity index (χ1) is 17.4. The van der Waals surface area contributed by atoms with Crippen LogP contribution in [-0.2, 0) is 19.0 Å². The topological polar surface area (TPSA) is 259 Å². The van der Waals surface area contributed by atoms with Crippen LogP contribution >= 0.6 is 0 Å². The molecule has 0 amide bonds. The van der Waals surface area contributed by atoms with Gasteiger partial charge in [-0.25, -0.2) is 4.79 Å². The fourth-order valence-electron chi connectivity index (χ4n) is 4.12. The van der Waals surface area contributed by atoms with Gasteiger partial charge in [-0.2, -0.15) is 0 Å². The van der Waals surface area contributed by atoms with Crippen molar-refractivity contribution in [3.63, 3.8) is 0 Å². The van der Waals surface area contributed by atoms with Gasteiger partial charge in [-0.15, -0.1) is 0 Å². The van der Waals surface area contributed by atoms with Gasteiger partial charge >= 0.3 is 5.97 Å². The summed E-state index contributed by atoms with van der Waals surface area (Å²) in [6.45, 7) is -1.71. The van der Waals surface area contributed by atoms with Gasteiger partial charge in [0.05, 0.1) is 30.3 Å². The first kappa shape index (κ1) is 29.1. The highest BCUT2D eigenvalue weighted by atomic mass is 16.8. The lowest BCUT2D eigenvalue weighted by molar-refractivity contribution is -0.384. The molecule has 8 N–H and O–H groups in total. The van der Waals surface area contributed by atoms with Crippen molar-refractivity contribution in [3.8, 4) is 5.75 Å². The number of non-ortho nitro benzene ring substituents is 1. The minimum Gasteiger partial charge on any atom is -0.477 e. The van der Waals surface area contributed by atoms with Gasteiger partial charge in [-0.1, -0.05) is 0 Å². The summed E-state index contributed by atoms with van der Waals surface area (Å²) in [6, 6.07) is 4.61. The van der Waals surface area contributed by atoms with E-state index in [1.54, 1.807) is 0 Å². The number of nitro benzene ring substituents is 1. The molecule has 0 bridgehead atoms. The number of ether oxygens (including phenoxy) is 4. The van der Waals surface area contributed by atoms with Gasteiger partial charge in [0.2, 0.25) is 6.29 Å². The van der Waals surface area contributed by atoms with Gasteiger partial charge in [0.25, 0.3) is 11.5 Å². The standard InChI is InChI=1S/C21H29NO15/c23-7-12(26)15(27)13-5-10(25)6-21(36-13,20(30)31)37-18-16(28)14(8-24)35-19(17(18)29)34-11-3-1-9(2-4-11)22(32)33/h1-4,10,12-19,23-29H,5-8H2,(H,30,31)/t10-,12-,13-,14-,15-,16+,17-,18+,19-,21+/m1/s1. The second-order valence-electron chi connectivity index (χ2n) is 8.71. The highest BCUT2D eigenvalue weighted by Crippen LogP contribution is 2.37. The molecule has 0 aliphatic carbocycles. The van der Waals surface area contributed by atoms with E-state index >= 15 is 0 Å². The summed E-state index contributed by atoms with van der Waals surface area (Å²) < 4.78 is 21.8. The van der Waals surface area contributed by atoms with Crippen LogP contribution in [0.15, 0.2) is 24.3 Å². The largest absolute Gasteiger partial charge is 0.477 e. The molecule has 3 rings (SSSR count). The van der Waals surface area contributed by atoms with Gasteiger partial charge < -0.3 is 59.8 Å². The Balaban J connectivity index is 1.86. The lowest BCUT2D eigenvalue weighted by Gasteiger charge is -2.47. The third-order valence-electron chi connectivity index (χ3n) is 6.09. The molecule has 1 aromatic carbocycles. The summed E-state index contributed by atoms with van der Waals surface area (Å²) in [6.07, 6.45) is -16.3. The van der Waals surface area contributed by atoms with Crippen molar-refractivity contribution in [3.05, 3.63) is 34.4 Å². The first-order valence-corrected chi connectivity index (χ1v) is 11.2. The van der Waals surface area contributed by atoms with Gasteiger partial charge in [0, 0.05) is 25.0 Å². The molecular formula is C21H29NO15. The summed E-state index contributed by atoms with van der Waals surface area (Å²) in [5, 5.41) is 91.2. The molecule has 0 spiro atoms. The Morgan fingerprint density at radius 3 is 2.35 bits per heavy atom. The Morgan fingerprint density at radius 2 is 1.81 bits per heavy atom. The molecule has 16 nitrogen and oxygen atoms in total. The predicted octanol–water partition coefficient (Wildman–Crippen LogP) is -3.17. The van der Waals surface area contributed by atoms with Crippen LogP contribution in [0.25, 0.3) is 0 Å². The Kier molecular flexibility index (Phi) is 9.35. The Morgan fingerprint density at radius 1 is 1.16 bits per heavy atom. The molecule has 37 heavy (non-hydrogen) atoms. The molecule has 0 unspecified atom stereocenters. The van der Waals surface area contributed by atoms with Crippen LogP contribution in [0.1, 0.15) is 12.8 Å². The molecule has 10 atom stereocenters. The van der Waals surface area contributed by atoms with Crippen LogP contribution in [-0.4, -0.2) is 126 Å². The van der Waals surface area contributed by atoms with E-state index in [2.05, 4.69) is 0 Å². The van der Waals surface area contributed by atoms with E-state index < -0.39 is 91.4 Å². The van der Waals surface area contributed by atoms with Gasteiger partial charge in [-0.05, 0) is 12.1 Å². The van der Waals surface area contributed by atoms with Crippen LogP contribution in [0.3, 0.4) is 0 Å². The number of benzene rings is 1. The molecule has 2 aliphatic heterocycles. The predicted molar refractivity (Wildman–Crippen MR) is 116 cm³/mol. The Labute approximate surface area is 209 Å². The van der Waals surface area contributed by atoms with Crippen LogP contribution in [0, 0.1) is 10.1 Å².